The molecule has 0 radical (unpaired) electrons. The van der Waals surface area contributed by atoms with Gasteiger partial charge in [-0.05, 0) is 43.9 Å². The Kier molecular flexibility index (Phi) is 3.79. The van der Waals surface area contributed by atoms with Crippen LogP contribution in [0.5, 0.6) is 0 Å². The Morgan fingerprint density at radius 3 is 2.62 bits per heavy atom. The van der Waals surface area contributed by atoms with Gasteiger partial charge in [-0.2, -0.15) is 0 Å². The molecule has 0 saturated heterocycles. The monoisotopic (exact) mass is 240 g/mol. The second-order valence-electron chi connectivity index (χ2n) is 5.00. The van der Waals surface area contributed by atoms with Crippen LogP contribution < -0.4 is 11.1 Å². The maximum Gasteiger partial charge on any atom is 0.223 e. The van der Waals surface area contributed by atoms with Crippen molar-refractivity contribution >= 4 is 23.1 Å². The van der Waals surface area contributed by atoms with Crippen molar-refractivity contribution in [2.45, 2.75) is 38.5 Å². The highest BCUT2D eigenvalue weighted by molar-refractivity contribution is 7.80. The molecule has 0 heterocycles. The minimum Gasteiger partial charge on any atom is -0.393 e. The lowest BCUT2D eigenvalue weighted by molar-refractivity contribution is -0.123. The lowest BCUT2D eigenvalue weighted by Crippen LogP contribution is -2.27. The predicted molar refractivity (Wildman–Crippen MR) is 68.0 cm³/mol. The van der Waals surface area contributed by atoms with Crippen LogP contribution in [0.3, 0.4) is 0 Å². The van der Waals surface area contributed by atoms with Crippen LogP contribution in [0.25, 0.3) is 0 Å². The average Bonchev–Trinajstić information content (AvgIpc) is 2.71. The molecule has 2 aliphatic carbocycles. The van der Waals surface area contributed by atoms with E-state index >= 15 is 0 Å². The molecule has 90 valence electrons. The Morgan fingerprint density at radius 2 is 2.00 bits per heavy atom. The number of rotatable bonds is 6. The minimum atomic E-state index is 0.282. The zero-order chi connectivity index (χ0) is 11.5. The molecule has 3 nitrogen and oxygen atoms in total. The van der Waals surface area contributed by atoms with Crippen molar-refractivity contribution in [2.24, 2.45) is 23.5 Å². The SMILES string of the molecule is NC(=S)CCCCNC(=O)C1C2CCCC21. The smallest absolute Gasteiger partial charge is 0.223 e. The lowest BCUT2D eigenvalue weighted by atomic mass is 10.1. The number of nitrogens with two attached hydrogens (primary N) is 1. The fourth-order valence-electron chi connectivity index (χ4n) is 2.96. The van der Waals surface area contributed by atoms with E-state index in [4.69, 9.17) is 18.0 Å². The number of nitrogens with one attached hydrogen (secondary N) is 1. The molecule has 2 saturated carbocycles. The molecule has 2 rings (SSSR count). The number of hydrogen-bond donors (Lipinski definition) is 2. The second kappa shape index (κ2) is 5.13. The fourth-order valence-corrected chi connectivity index (χ4v) is 3.11. The topological polar surface area (TPSA) is 55.1 Å². The number of fused-ring (bicyclic) bond motifs is 1. The van der Waals surface area contributed by atoms with Crippen molar-refractivity contribution in [3.05, 3.63) is 0 Å². The Balaban J connectivity index is 1.54. The quantitative estimate of drug-likeness (QED) is 0.548. The maximum atomic E-state index is 11.8. The third-order valence-electron chi connectivity index (χ3n) is 3.86. The van der Waals surface area contributed by atoms with E-state index in [2.05, 4.69) is 5.32 Å². The summed E-state index contributed by atoms with van der Waals surface area (Å²) in [6, 6.07) is 0. The van der Waals surface area contributed by atoms with Crippen LogP contribution >= 0.6 is 12.2 Å². The zero-order valence-corrected chi connectivity index (χ0v) is 10.4. The van der Waals surface area contributed by atoms with Gasteiger partial charge in [-0.1, -0.05) is 18.6 Å². The minimum absolute atomic E-state index is 0.282. The van der Waals surface area contributed by atoms with Crippen molar-refractivity contribution < 1.29 is 4.79 Å². The second-order valence-corrected chi connectivity index (χ2v) is 5.52. The standard InChI is InChI=1S/C12H20N2OS/c13-10(16)6-1-2-7-14-12(15)11-8-4-3-5-9(8)11/h8-9,11H,1-7H2,(H2,13,16)(H,14,15). The van der Waals surface area contributed by atoms with Gasteiger partial charge in [0.15, 0.2) is 0 Å². The summed E-state index contributed by atoms with van der Waals surface area (Å²) in [5.74, 6) is 2.07. The summed E-state index contributed by atoms with van der Waals surface area (Å²) in [7, 11) is 0. The van der Waals surface area contributed by atoms with Crippen molar-refractivity contribution in [3.8, 4) is 0 Å². The average molecular weight is 240 g/mol. The third kappa shape index (κ3) is 2.73. The molecular weight excluding hydrogens is 220 g/mol. The number of carbonyl (C=O) groups excluding carboxylic acids is 1. The number of hydrogen-bond acceptors (Lipinski definition) is 2. The van der Waals surface area contributed by atoms with Crippen LogP contribution in [0.15, 0.2) is 0 Å². The molecule has 1 amide bonds. The highest BCUT2D eigenvalue weighted by atomic mass is 32.1. The van der Waals surface area contributed by atoms with E-state index in [0.717, 1.165) is 37.6 Å². The van der Waals surface area contributed by atoms with Crippen LogP contribution in [0.2, 0.25) is 0 Å². The van der Waals surface area contributed by atoms with Gasteiger partial charge in [0.25, 0.3) is 0 Å². The molecule has 0 aromatic rings. The molecule has 16 heavy (non-hydrogen) atoms. The summed E-state index contributed by atoms with van der Waals surface area (Å²) >= 11 is 4.79. The van der Waals surface area contributed by atoms with Crippen LogP contribution in [-0.2, 0) is 4.79 Å². The van der Waals surface area contributed by atoms with Gasteiger partial charge < -0.3 is 11.1 Å². The molecule has 0 aromatic heterocycles. The summed E-state index contributed by atoms with van der Waals surface area (Å²) in [5, 5.41) is 3.02. The number of amides is 1. The van der Waals surface area contributed by atoms with Crippen LogP contribution in [-0.4, -0.2) is 17.4 Å². The van der Waals surface area contributed by atoms with E-state index in [9.17, 15) is 4.79 Å². The van der Waals surface area contributed by atoms with Crippen LogP contribution in [0.4, 0.5) is 0 Å². The number of thiocarbonyl (C=S) groups is 1. The lowest BCUT2D eigenvalue weighted by Gasteiger charge is -2.06. The number of unbranched alkanes of at least 4 members (excludes halogenated alkanes) is 1. The molecule has 0 bridgehead atoms. The van der Waals surface area contributed by atoms with E-state index in [1.807, 2.05) is 0 Å². The van der Waals surface area contributed by atoms with Gasteiger partial charge in [0.2, 0.25) is 5.91 Å². The molecule has 0 aromatic carbocycles. The Labute approximate surface area is 102 Å². The van der Waals surface area contributed by atoms with E-state index in [1.54, 1.807) is 0 Å². The van der Waals surface area contributed by atoms with Gasteiger partial charge in [-0.3, -0.25) is 4.79 Å². The van der Waals surface area contributed by atoms with Crippen LogP contribution in [0, 0.1) is 17.8 Å². The highest BCUT2D eigenvalue weighted by Gasteiger charge is 2.56. The zero-order valence-electron chi connectivity index (χ0n) is 9.58. The Morgan fingerprint density at radius 1 is 1.31 bits per heavy atom. The van der Waals surface area contributed by atoms with Crippen molar-refractivity contribution in [1.29, 1.82) is 0 Å². The van der Waals surface area contributed by atoms with E-state index in [-0.39, 0.29) is 5.91 Å². The Bertz CT molecular complexity index is 283. The van der Waals surface area contributed by atoms with Crippen molar-refractivity contribution in [1.82, 2.24) is 5.32 Å². The van der Waals surface area contributed by atoms with Crippen molar-refractivity contribution in [3.63, 3.8) is 0 Å². The molecule has 2 atom stereocenters. The van der Waals surface area contributed by atoms with Gasteiger partial charge in [0.1, 0.15) is 0 Å². The number of carbonyl (C=O) groups is 1. The summed E-state index contributed by atoms with van der Waals surface area (Å²) in [6.07, 6.45) is 6.61. The summed E-state index contributed by atoms with van der Waals surface area (Å²) in [5.41, 5.74) is 5.40. The molecule has 2 aliphatic rings. The van der Waals surface area contributed by atoms with E-state index < -0.39 is 0 Å². The first-order valence-corrected chi connectivity index (χ1v) is 6.67. The van der Waals surface area contributed by atoms with Gasteiger partial charge in [0, 0.05) is 12.5 Å². The van der Waals surface area contributed by atoms with Crippen molar-refractivity contribution in [2.75, 3.05) is 6.54 Å². The fraction of sp³-hybridized carbons (Fsp3) is 0.833. The van der Waals surface area contributed by atoms with Gasteiger partial charge in [-0.15, -0.1) is 0 Å². The van der Waals surface area contributed by atoms with Crippen LogP contribution in [0.1, 0.15) is 38.5 Å². The Hall–Kier alpha value is -0.640. The molecule has 0 spiro atoms. The molecule has 4 heteroatoms. The highest BCUT2D eigenvalue weighted by Crippen LogP contribution is 2.57. The molecule has 2 unspecified atom stereocenters. The normalized spacial score (nSPS) is 30.9. The summed E-state index contributed by atoms with van der Waals surface area (Å²) < 4.78 is 0. The predicted octanol–water partition coefficient (Wildman–Crippen LogP) is 1.61. The summed E-state index contributed by atoms with van der Waals surface area (Å²) in [6.45, 7) is 0.775. The molecule has 3 N–H and O–H groups in total. The maximum absolute atomic E-state index is 11.8. The van der Waals surface area contributed by atoms with E-state index in [1.165, 1.54) is 19.3 Å². The molecular formula is C12H20N2OS. The van der Waals surface area contributed by atoms with Gasteiger partial charge >= 0.3 is 0 Å². The third-order valence-corrected chi connectivity index (χ3v) is 4.06. The first-order chi connectivity index (χ1) is 7.70. The first kappa shape index (κ1) is 11.8. The summed E-state index contributed by atoms with van der Waals surface area (Å²) in [4.78, 5) is 12.3. The molecule has 0 aliphatic heterocycles. The largest absolute Gasteiger partial charge is 0.393 e. The van der Waals surface area contributed by atoms with Gasteiger partial charge in [0.05, 0.1) is 4.99 Å². The first-order valence-electron chi connectivity index (χ1n) is 6.26. The van der Waals surface area contributed by atoms with E-state index in [0.29, 0.717) is 10.9 Å². The molecule has 2 fully saturated rings. The van der Waals surface area contributed by atoms with Gasteiger partial charge in [-0.25, -0.2) is 0 Å².